The largest absolute Gasteiger partial charge is 0.481 e. The number of ether oxygens (including phenoxy) is 1. The molecule has 2 aromatic heterocycles. The molecule has 6 rings (SSSR count). The molecular formula is C28H35N9O15P2. The van der Waals surface area contributed by atoms with Crippen LogP contribution in [0.5, 0.6) is 0 Å². The maximum absolute atomic E-state index is 12.6. The first-order chi connectivity index (χ1) is 25.4. The van der Waals surface area contributed by atoms with E-state index in [4.69, 9.17) is 15.0 Å². The van der Waals surface area contributed by atoms with Crippen LogP contribution in [0, 0.1) is 6.92 Å². The highest BCUT2D eigenvalue weighted by molar-refractivity contribution is 7.61. The molecule has 0 amide bonds. The van der Waals surface area contributed by atoms with E-state index in [0.29, 0.717) is 17.5 Å². The number of phosphoric ester groups is 2. The number of imidazole rings is 1. The number of hydrogen-bond acceptors (Lipinski definition) is 19. The van der Waals surface area contributed by atoms with Crippen LogP contribution in [-0.4, -0.2) is 124 Å². The second-order valence-corrected chi connectivity index (χ2v) is 15.3. The number of rotatable bonds is 14. The van der Waals surface area contributed by atoms with Crippen molar-refractivity contribution in [2.24, 2.45) is 0 Å². The van der Waals surface area contributed by atoms with Crippen molar-refractivity contribution in [1.82, 2.24) is 39.0 Å². The van der Waals surface area contributed by atoms with Gasteiger partial charge in [0, 0.05) is 0 Å². The molecule has 1 aromatic carbocycles. The van der Waals surface area contributed by atoms with Crippen LogP contribution in [0.4, 0.5) is 5.82 Å². The van der Waals surface area contributed by atoms with Crippen molar-refractivity contribution in [3.8, 4) is 11.5 Å². The lowest BCUT2D eigenvalue weighted by Gasteiger charge is -2.26. The minimum Gasteiger partial charge on any atom is -0.388 e. The van der Waals surface area contributed by atoms with E-state index < -0.39 is 89.5 Å². The van der Waals surface area contributed by atoms with Crippen LogP contribution in [0.1, 0.15) is 24.3 Å². The normalized spacial score (nSPS) is 23.1. The minimum atomic E-state index is -5.54. The molecule has 0 bridgehead atoms. The van der Waals surface area contributed by atoms with Gasteiger partial charge in [-0.25, -0.2) is 33.9 Å². The molecular weight excluding hydrogens is 764 g/mol. The van der Waals surface area contributed by atoms with Gasteiger partial charge in [-0.1, -0.05) is 6.92 Å². The third-order valence-corrected chi connectivity index (χ3v) is 11.2. The molecule has 292 valence electrons. The van der Waals surface area contributed by atoms with Gasteiger partial charge in [0.15, 0.2) is 29.2 Å². The molecule has 9 atom stereocenters. The van der Waals surface area contributed by atoms with Gasteiger partial charge in [0.05, 0.1) is 37.1 Å². The summed E-state index contributed by atoms with van der Waals surface area (Å²) in [4.78, 5) is 66.9. The number of hydrogen-bond donors (Lipinski definition) is 9. The zero-order chi connectivity index (χ0) is 39.3. The van der Waals surface area contributed by atoms with Crippen molar-refractivity contribution >= 4 is 43.7 Å². The summed E-state index contributed by atoms with van der Waals surface area (Å²) in [6.07, 6.45) is -9.31. The second-order valence-electron chi connectivity index (χ2n) is 12.3. The zero-order valence-electron chi connectivity index (χ0n) is 28.2. The molecule has 2 unspecified atom stereocenters. The summed E-state index contributed by atoms with van der Waals surface area (Å²) in [5.41, 5.74) is 6.28. The van der Waals surface area contributed by atoms with Crippen molar-refractivity contribution in [2.75, 3.05) is 18.9 Å². The molecule has 1 saturated heterocycles. The number of H-pyrrole nitrogens is 1. The lowest BCUT2D eigenvalue weighted by molar-refractivity contribution is -0.0794. The smallest absolute Gasteiger partial charge is 0.388 e. The molecule has 3 aliphatic heterocycles. The highest BCUT2D eigenvalue weighted by Gasteiger charge is 2.46. The Morgan fingerprint density at radius 1 is 1.02 bits per heavy atom. The molecule has 0 radical (unpaired) electrons. The van der Waals surface area contributed by atoms with E-state index in [9.17, 15) is 54.0 Å². The number of nitrogens with one attached hydrogen (secondary N) is 1. The van der Waals surface area contributed by atoms with Crippen LogP contribution in [0.3, 0.4) is 0 Å². The standard InChI is InChI=1S/C28H35N9O15P2/c1-3-12-5-13-14(4-11(12)2)36(25-19(33-13)26(43)35-28(44)34-25)6-15(38)20(40)16(39)7-49-53(45,46)52-54(47,48)50-8-17-21(41)22(42)27(51-17)37-10-32-18-23(29)30-9-31-24(18)37/h4-5,9-10,15-17,20-22,27,38-42H,3,6-8H2,1-2H3,(H,45,46)(H,47,48)(H2,29,30,31)(H,35,43,44)/t15-,16+,17+,20-,21+,22+,27+/m0/s1. The van der Waals surface area contributed by atoms with E-state index in [1.807, 2.05) is 11.9 Å². The molecule has 26 heteroatoms. The van der Waals surface area contributed by atoms with E-state index >= 15 is 0 Å². The fourth-order valence-electron chi connectivity index (χ4n) is 5.87. The number of nitrogen functional groups attached to an aromatic ring is 1. The number of aliphatic hydroxyl groups excluding tert-OH is 5. The van der Waals surface area contributed by atoms with Gasteiger partial charge in [-0.2, -0.15) is 9.29 Å². The van der Waals surface area contributed by atoms with Crippen LogP contribution in [-0.2, 0) is 40.2 Å². The first-order valence-electron chi connectivity index (χ1n) is 16.0. The lowest BCUT2D eigenvalue weighted by Crippen LogP contribution is -2.42. The first kappa shape index (κ1) is 39.6. The molecule has 54 heavy (non-hydrogen) atoms. The van der Waals surface area contributed by atoms with E-state index in [0.717, 1.165) is 17.5 Å². The topological polar surface area (TPSA) is 363 Å². The Kier molecular flexibility index (Phi) is 11.1. The number of phosphoric acid groups is 2. The van der Waals surface area contributed by atoms with Crippen LogP contribution < -0.4 is 17.0 Å². The highest BCUT2D eigenvalue weighted by atomic mass is 31.3. The molecule has 10 N–H and O–H groups in total. The third-order valence-electron chi connectivity index (χ3n) is 8.62. The number of aromatic nitrogens is 8. The Hall–Kier alpha value is -4.13. The molecule has 0 saturated carbocycles. The SMILES string of the molecule is CCc1cc2nc3c(=O)[nH]c(=O)nc-3n(C[C@H](O)[C@H](O)[C@H](O)COP(=O)(O)OP(=O)(O)OC[C@H]3O[C@@H](n4cnc5c(N)ncnc54)[C@H](O)[C@@H]3O)c2cc1C. The van der Waals surface area contributed by atoms with E-state index in [1.165, 1.54) is 15.5 Å². The summed E-state index contributed by atoms with van der Waals surface area (Å²) in [5, 5.41) is 53.2. The summed E-state index contributed by atoms with van der Waals surface area (Å²) < 4.78 is 46.7. The second kappa shape index (κ2) is 15.2. The summed E-state index contributed by atoms with van der Waals surface area (Å²) in [5.74, 6) is -0.207. The van der Waals surface area contributed by atoms with Crippen LogP contribution in [0.25, 0.3) is 33.7 Å². The molecule has 24 nitrogen and oxygen atoms in total. The Bertz CT molecular complexity index is 2370. The van der Waals surface area contributed by atoms with E-state index in [-0.39, 0.29) is 28.5 Å². The Morgan fingerprint density at radius 3 is 2.46 bits per heavy atom. The average Bonchev–Trinajstić information content (AvgIpc) is 3.66. The van der Waals surface area contributed by atoms with Gasteiger partial charge in [-0.05, 0) is 36.6 Å². The van der Waals surface area contributed by atoms with E-state index in [2.05, 4.69) is 33.8 Å². The van der Waals surface area contributed by atoms with Crippen LogP contribution >= 0.6 is 15.6 Å². The number of fused-ring (bicyclic) bond motifs is 3. The quantitative estimate of drug-likeness (QED) is 0.0426. The summed E-state index contributed by atoms with van der Waals surface area (Å²) in [6.45, 7) is 0.943. The first-order valence-corrected chi connectivity index (χ1v) is 19.0. The van der Waals surface area contributed by atoms with Gasteiger partial charge < -0.3 is 50.4 Å². The van der Waals surface area contributed by atoms with Crippen molar-refractivity contribution in [3.63, 3.8) is 0 Å². The molecule has 0 spiro atoms. The number of benzene rings is 1. The number of anilines is 1. The van der Waals surface area contributed by atoms with Crippen LogP contribution in [0.15, 0.2) is 34.4 Å². The molecule has 3 aromatic rings. The average molecular weight is 800 g/mol. The molecule has 5 heterocycles. The fourth-order valence-corrected chi connectivity index (χ4v) is 7.97. The zero-order valence-corrected chi connectivity index (χ0v) is 30.0. The third kappa shape index (κ3) is 7.97. The monoisotopic (exact) mass is 799 g/mol. The Morgan fingerprint density at radius 2 is 1.74 bits per heavy atom. The summed E-state index contributed by atoms with van der Waals surface area (Å²) in [6, 6.07) is 3.38. The Balaban J connectivity index is 1.08. The van der Waals surface area contributed by atoms with Gasteiger partial charge >= 0.3 is 21.3 Å². The van der Waals surface area contributed by atoms with Crippen molar-refractivity contribution in [2.45, 2.75) is 69.7 Å². The lowest BCUT2D eigenvalue weighted by atomic mass is 10.0. The number of nitrogens with two attached hydrogens (primary N) is 1. The maximum atomic E-state index is 12.6. The van der Waals surface area contributed by atoms with E-state index in [1.54, 1.807) is 19.1 Å². The van der Waals surface area contributed by atoms with Crippen molar-refractivity contribution in [1.29, 1.82) is 0 Å². The number of nitrogens with zero attached hydrogens (tertiary/aromatic N) is 7. The number of aryl methyl sites for hydroxylation is 2. The molecule has 0 aliphatic carbocycles. The van der Waals surface area contributed by atoms with Gasteiger partial charge in [0.25, 0.3) is 5.56 Å². The summed E-state index contributed by atoms with van der Waals surface area (Å²) in [7, 11) is -11.0. The predicted octanol–water partition coefficient (Wildman–Crippen LogP) is -2.17. The van der Waals surface area contributed by atoms with Gasteiger partial charge in [-0.15, -0.1) is 0 Å². The van der Waals surface area contributed by atoms with Crippen molar-refractivity contribution < 1.29 is 62.5 Å². The van der Waals surface area contributed by atoms with Crippen LogP contribution in [0.2, 0.25) is 0 Å². The molecule has 1 fully saturated rings. The highest BCUT2D eigenvalue weighted by Crippen LogP contribution is 2.60. The van der Waals surface area contributed by atoms with Gasteiger partial charge in [0.2, 0.25) is 0 Å². The predicted molar refractivity (Wildman–Crippen MR) is 181 cm³/mol. The number of aromatic amines is 1. The minimum absolute atomic E-state index is 0.0297. The number of aliphatic hydroxyl groups is 5. The summed E-state index contributed by atoms with van der Waals surface area (Å²) >= 11 is 0. The fraction of sp³-hybridized carbons (Fsp3) is 0.464. The Labute approximate surface area is 302 Å². The maximum Gasteiger partial charge on any atom is 0.481 e. The van der Waals surface area contributed by atoms with Gasteiger partial charge in [-0.3, -0.25) is 23.4 Å². The van der Waals surface area contributed by atoms with Crippen molar-refractivity contribution in [3.05, 3.63) is 56.8 Å². The van der Waals surface area contributed by atoms with Gasteiger partial charge in [0.1, 0.15) is 48.5 Å². The molecule has 3 aliphatic rings.